The van der Waals surface area contributed by atoms with Crippen molar-refractivity contribution in [2.45, 2.75) is 53.5 Å². The summed E-state index contributed by atoms with van der Waals surface area (Å²) in [6.45, 7) is 14.4. The Kier molecular flexibility index (Phi) is 7.24. The van der Waals surface area contributed by atoms with Crippen molar-refractivity contribution in [1.82, 2.24) is 14.9 Å². The smallest absolute Gasteiger partial charge is 0.162 e. The molecule has 1 heterocycles. The fraction of sp³-hybridized carbons (Fsp3) is 0.379. The number of nitrogens with zero attached hydrogens (tertiary/aromatic N) is 3. The van der Waals surface area contributed by atoms with Crippen LogP contribution in [0.3, 0.4) is 0 Å². The summed E-state index contributed by atoms with van der Waals surface area (Å²) in [5, 5.41) is 7.25. The fourth-order valence-corrected chi connectivity index (χ4v) is 4.47. The molecule has 33 heavy (non-hydrogen) atoms. The minimum atomic E-state index is 0.338. The number of hydrogen-bond acceptors (Lipinski definition) is 4. The van der Waals surface area contributed by atoms with Crippen LogP contribution >= 0.6 is 0 Å². The van der Waals surface area contributed by atoms with Crippen molar-refractivity contribution in [3.05, 3.63) is 65.7 Å². The number of anilines is 1. The highest BCUT2D eigenvalue weighted by atomic mass is 15.1. The van der Waals surface area contributed by atoms with Gasteiger partial charge in [0.25, 0.3) is 0 Å². The molecule has 1 unspecified atom stereocenters. The van der Waals surface area contributed by atoms with Crippen LogP contribution in [0.1, 0.15) is 44.7 Å². The van der Waals surface area contributed by atoms with Gasteiger partial charge in [0.1, 0.15) is 5.82 Å². The molecular formula is C29H36N4. The van der Waals surface area contributed by atoms with E-state index in [1.165, 1.54) is 28.3 Å². The first-order chi connectivity index (χ1) is 16.0. The molecule has 172 valence electrons. The van der Waals surface area contributed by atoms with Crippen LogP contribution in [0.2, 0.25) is 0 Å². The van der Waals surface area contributed by atoms with Crippen molar-refractivity contribution in [2.24, 2.45) is 0 Å². The molecule has 0 amide bonds. The van der Waals surface area contributed by atoms with Crippen molar-refractivity contribution in [3.63, 3.8) is 0 Å². The predicted octanol–water partition coefficient (Wildman–Crippen LogP) is 6.99. The maximum atomic E-state index is 5.03. The Morgan fingerprint density at radius 3 is 2.42 bits per heavy atom. The monoisotopic (exact) mass is 440 g/mol. The SMILES string of the molecule is CCN(CC)CCCC(C)Nc1nc(-c2ccc3ccccc3c2)nc2c(C)c(C)ccc12. The second-order valence-corrected chi connectivity index (χ2v) is 9.08. The van der Waals surface area contributed by atoms with Crippen LogP contribution in [0.5, 0.6) is 0 Å². The highest BCUT2D eigenvalue weighted by molar-refractivity contribution is 5.94. The van der Waals surface area contributed by atoms with E-state index in [0.717, 1.165) is 54.2 Å². The zero-order valence-corrected chi connectivity index (χ0v) is 20.7. The zero-order chi connectivity index (χ0) is 23.4. The van der Waals surface area contributed by atoms with E-state index >= 15 is 0 Å². The summed E-state index contributed by atoms with van der Waals surface area (Å²) in [5.74, 6) is 1.71. The molecule has 0 fully saturated rings. The van der Waals surface area contributed by atoms with E-state index in [1.54, 1.807) is 0 Å². The van der Waals surface area contributed by atoms with Crippen molar-refractivity contribution in [1.29, 1.82) is 0 Å². The Hall–Kier alpha value is -2.98. The molecule has 4 nitrogen and oxygen atoms in total. The Morgan fingerprint density at radius 1 is 0.909 bits per heavy atom. The number of fused-ring (bicyclic) bond motifs is 2. The van der Waals surface area contributed by atoms with E-state index in [4.69, 9.17) is 9.97 Å². The number of aromatic nitrogens is 2. The first-order valence-electron chi connectivity index (χ1n) is 12.3. The number of hydrogen-bond donors (Lipinski definition) is 1. The Balaban J connectivity index is 1.68. The highest BCUT2D eigenvalue weighted by Crippen LogP contribution is 2.30. The lowest BCUT2D eigenvalue weighted by atomic mass is 10.0. The van der Waals surface area contributed by atoms with Crippen LogP contribution in [0.4, 0.5) is 5.82 Å². The lowest BCUT2D eigenvalue weighted by Gasteiger charge is -2.21. The molecule has 0 aliphatic rings. The summed E-state index contributed by atoms with van der Waals surface area (Å²) in [7, 11) is 0. The van der Waals surface area contributed by atoms with Crippen LogP contribution < -0.4 is 5.32 Å². The predicted molar refractivity (Wildman–Crippen MR) is 142 cm³/mol. The molecule has 0 aliphatic carbocycles. The third-order valence-corrected chi connectivity index (χ3v) is 6.79. The fourth-order valence-electron chi connectivity index (χ4n) is 4.47. The van der Waals surface area contributed by atoms with E-state index in [9.17, 15) is 0 Å². The molecule has 4 aromatic rings. The lowest BCUT2D eigenvalue weighted by Crippen LogP contribution is -2.25. The Morgan fingerprint density at radius 2 is 1.67 bits per heavy atom. The Bertz CT molecular complexity index is 1240. The van der Waals surface area contributed by atoms with Gasteiger partial charge in [-0.15, -0.1) is 0 Å². The summed E-state index contributed by atoms with van der Waals surface area (Å²) in [5.41, 5.74) is 4.55. The summed E-state index contributed by atoms with van der Waals surface area (Å²) < 4.78 is 0. The van der Waals surface area contributed by atoms with Gasteiger partial charge >= 0.3 is 0 Å². The Labute approximate surface area is 198 Å². The molecule has 1 aromatic heterocycles. The van der Waals surface area contributed by atoms with E-state index < -0.39 is 0 Å². The average Bonchev–Trinajstić information content (AvgIpc) is 2.84. The summed E-state index contributed by atoms with van der Waals surface area (Å²) in [6, 6.07) is 19.6. The number of rotatable bonds is 9. The molecule has 0 spiro atoms. The number of benzene rings is 3. The maximum absolute atomic E-state index is 5.03. The van der Waals surface area contributed by atoms with Gasteiger partial charge in [-0.2, -0.15) is 0 Å². The topological polar surface area (TPSA) is 41.0 Å². The third kappa shape index (κ3) is 5.17. The van der Waals surface area contributed by atoms with Crippen LogP contribution in [-0.2, 0) is 0 Å². The zero-order valence-electron chi connectivity index (χ0n) is 20.7. The van der Waals surface area contributed by atoms with Crippen molar-refractivity contribution in [3.8, 4) is 11.4 Å². The molecule has 0 saturated carbocycles. The molecule has 0 radical (unpaired) electrons. The summed E-state index contributed by atoms with van der Waals surface area (Å²) in [4.78, 5) is 12.5. The highest BCUT2D eigenvalue weighted by Gasteiger charge is 2.15. The van der Waals surface area contributed by atoms with E-state index in [2.05, 4.69) is 99.4 Å². The summed E-state index contributed by atoms with van der Waals surface area (Å²) in [6.07, 6.45) is 2.28. The van der Waals surface area contributed by atoms with Gasteiger partial charge in [0.2, 0.25) is 0 Å². The minimum absolute atomic E-state index is 0.338. The van der Waals surface area contributed by atoms with Gasteiger partial charge in [0.05, 0.1) is 5.52 Å². The van der Waals surface area contributed by atoms with Gasteiger partial charge in [-0.25, -0.2) is 9.97 Å². The normalized spacial score (nSPS) is 12.5. The van der Waals surface area contributed by atoms with Crippen LogP contribution in [0.25, 0.3) is 33.1 Å². The van der Waals surface area contributed by atoms with E-state index in [0.29, 0.717) is 6.04 Å². The molecular weight excluding hydrogens is 404 g/mol. The number of aryl methyl sites for hydroxylation is 2. The van der Waals surface area contributed by atoms with Crippen LogP contribution in [0.15, 0.2) is 54.6 Å². The molecule has 0 saturated heterocycles. The average molecular weight is 441 g/mol. The van der Waals surface area contributed by atoms with Crippen molar-refractivity contribution < 1.29 is 0 Å². The molecule has 4 heteroatoms. The minimum Gasteiger partial charge on any atom is -0.367 e. The van der Waals surface area contributed by atoms with Crippen molar-refractivity contribution in [2.75, 3.05) is 25.0 Å². The molecule has 0 bridgehead atoms. The molecule has 1 atom stereocenters. The van der Waals surface area contributed by atoms with Crippen molar-refractivity contribution >= 4 is 27.5 Å². The maximum Gasteiger partial charge on any atom is 0.162 e. The van der Waals surface area contributed by atoms with E-state index in [1.807, 2.05) is 0 Å². The quantitative estimate of drug-likeness (QED) is 0.304. The first-order valence-corrected chi connectivity index (χ1v) is 12.3. The largest absolute Gasteiger partial charge is 0.367 e. The number of nitrogens with one attached hydrogen (secondary N) is 1. The molecule has 3 aromatic carbocycles. The lowest BCUT2D eigenvalue weighted by molar-refractivity contribution is 0.295. The summed E-state index contributed by atoms with van der Waals surface area (Å²) >= 11 is 0. The molecule has 0 aliphatic heterocycles. The molecule has 1 N–H and O–H groups in total. The van der Waals surface area contributed by atoms with Gasteiger partial charge in [0.15, 0.2) is 5.82 Å². The standard InChI is InChI=1S/C29H36N4/c1-6-33(7-2)18-10-11-21(4)30-29-26-17-14-20(3)22(5)27(26)31-28(32-29)25-16-15-23-12-8-9-13-24(23)19-25/h8-9,12-17,19,21H,6-7,10-11,18H2,1-5H3,(H,30,31,32). The third-order valence-electron chi connectivity index (χ3n) is 6.79. The van der Waals surface area contributed by atoms with Gasteiger partial charge in [-0.3, -0.25) is 0 Å². The van der Waals surface area contributed by atoms with Gasteiger partial charge < -0.3 is 10.2 Å². The first kappa shape index (κ1) is 23.2. The van der Waals surface area contributed by atoms with E-state index in [-0.39, 0.29) is 0 Å². The van der Waals surface area contributed by atoms with Crippen LogP contribution in [0, 0.1) is 13.8 Å². The second-order valence-electron chi connectivity index (χ2n) is 9.08. The second kappa shape index (κ2) is 10.3. The van der Waals surface area contributed by atoms with Crippen LogP contribution in [-0.4, -0.2) is 40.5 Å². The van der Waals surface area contributed by atoms with Gasteiger partial charge in [-0.1, -0.05) is 56.3 Å². The van der Waals surface area contributed by atoms with Gasteiger partial charge in [-0.05, 0) is 87.3 Å². The van der Waals surface area contributed by atoms with Gasteiger partial charge in [0, 0.05) is 17.0 Å². The molecule has 4 rings (SSSR count).